The predicted octanol–water partition coefficient (Wildman–Crippen LogP) is 3.71. The third-order valence-corrected chi connectivity index (χ3v) is 7.12. The van der Waals surface area contributed by atoms with Crippen molar-refractivity contribution in [1.82, 2.24) is 5.32 Å². The summed E-state index contributed by atoms with van der Waals surface area (Å²) in [5, 5.41) is 3.21. The summed E-state index contributed by atoms with van der Waals surface area (Å²) in [5.41, 5.74) is 1.28. The summed E-state index contributed by atoms with van der Waals surface area (Å²) in [6, 6.07) is -0.00168. The number of rotatable bonds is 2. The number of allylic oxidation sites excluding steroid dienone is 2. The number of ether oxygens (including phenoxy) is 2. The minimum Gasteiger partial charge on any atom is -0.444 e. The average Bonchev–Trinajstić information content (AvgIpc) is 3.33. The number of nitrogens with one attached hydrogen (secondary N) is 1. The Morgan fingerprint density at radius 1 is 1.24 bits per heavy atom. The van der Waals surface area contributed by atoms with E-state index in [4.69, 9.17) is 9.47 Å². The van der Waals surface area contributed by atoms with Gasteiger partial charge in [-0.25, -0.2) is 4.79 Å². The molecule has 0 aromatic heterocycles. The van der Waals surface area contributed by atoms with E-state index in [1.54, 1.807) is 6.08 Å². The molecule has 0 aromatic rings. The molecule has 3 heterocycles. The number of carbonyl (C=O) groups is 2. The summed E-state index contributed by atoms with van der Waals surface area (Å²) in [5.74, 6) is -0.354. The van der Waals surface area contributed by atoms with E-state index in [0.29, 0.717) is 5.92 Å². The van der Waals surface area contributed by atoms with Crippen LogP contribution in [0.3, 0.4) is 0 Å². The van der Waals surface area contributed by atoms with Crippen LogP contribution in [0.25, 0.3) is 0 Å². The van der Waals surface area contributed by atoms with Crippen LogP contribution in [-0.2, 0) is 19.1 Å². The van der Waals surface area contributed by atoms with Crippen molar-refractivity contribution < 1.29 is 19.1 Å². The molecule has 0 bridgehead atoms. The van der Waals surface area contributed by atoms with Gasteiger partial charge in [-0.05, 0) is 51.0 Å². The SMILES string of the molecule is CC1=CC2C=C(C)C(C)C3C(CC(C)C)NC(=O)C23OC(=O)C=CC2OC2CC1. The predicted molar refractivity (Wildman–Crippen MR) is 111 cm³/mol. The number of amides is 1. The molecule has 7 unspecified atom stereocenters. The lowest BCUT2D eigenvalue weighted by Gasteiger charge is -2.44. The molecule has 158 valence electrons. The minimum atomic E-state index is -1.19. The molecule has 2 saturated heterocycles. The molecule has 5 nitrogen and oxygen atoms in total. The zero-order chi connectivity index (χ0) is 20.9. The first kappa shape index (κ1) is 20.4. The van der Waals surface area contributed by atoms with Crippen molar-refractivity contribution >= 4 is 11.9 Å². The van der Waals surface area contributed by atoms with Crippen LogP contribution in [0.4, 0.5) is 0 Å². The number of hydrogen-bond donors (Lipinski definition) is 1. The normalized spacial score (nSPS) is 41.7. The second-order valence-corrected chi connectivity index (χ2v) is 9.72. The highest BCUT2D eigenvalue weighted by molar-refractivity contribution is 5.94. The van der Waals surface area contributed by atoms with Crippen LogP contribution in [-0.4, -0.2) is 35.7 Å². The van der Waals surface area contributed by atoms with Crippen LogP contribution >= 0.6 is 0 Å². The summed E-state index contributed by atoms with van der Waals surface area (Å²) in [6.45, 7) is 10.7. The van der Waals surface area contributed by atoms with Gasteiger partial charge in [0.25, 0.3) is 5.91 Å². The lowest BCUT2D eigenvalue weighted by Crippen LogP contribution is -2.56. The minimum absolute atomic E-state index is 0.00168. The van der Waals surface area contributed by atoms with Gasteiger partial charge in [0, 0.05) is 24.0 Å². The van der Waals surface area contributed by atoms with Crippen molar-refractivity contribution in [2.75, 3.05) is 0 Å². The molecular formula is C24H33NO4. The Kier molecular flexibility index (Phi) is 5.22. The fourth-order valence-corrected chi connectivity index (χ4v) is 5.52. The van der Waals surface area contributed by atoms with Crippen molar-refractivity contribution in [3.63, 3.8) is 0 Å². The Morgan fingerprint density at radius 3 is 2.72 bits per heavy atom. The van der Waals surface area contributed by atoms with Gasteiger partial charge in [0.05, 0.1) is 6.10 Å². The van der Waals surface area contributed by atoms with Gasteiger partial charge in [-0.3, -0.25) is 4.79 Å². The van der Waals surface area contributed by atoms with Crippen molar-refractivity contribution in [3.05, 3.63) is 35.5 Å². The molecule has 0 aromatic carbocycles. The standard InChI is InChI=1S/C24H33NO4/c1-13(2)10-18-22-16(5)15(4)12-17-11-14(3)6-7-19-20(28-19)8-9-21(26)29-24(17,22)23(27)25-18/h8-9,11-13,16-20,22H,6-7,10H2,1-5H3,(H,25,27). The molecule has 1 spiro atoms. The molecule has 4 rings (SSSR count). The van der Waals surface area contributed by atoms with E-state index in [0.717, 1.165) is 19.3 Å². The van der Waals surface area contributed by atoms with Gasteiger partial charge in [-0.2, -0.15) is 0 Å². The first-order chi connectivity index (χ1) is 13.7. The topological polar surface area (TPSA) is 67.9 Å². The quantitative estimate of drug-likeness (QED) is 0.437. The highest BCUT2D eigenvalue weighted by atomic mass is 16.6. The molecule has 3 aliphatic heterocycles. The van der Waals surface area contributed by atoms with Crippen LogP contribution in [0.5, 0.6) is 0 Å². The third-order valence-electron chi connectivity index (χ3n) is 7.12. The molecule has 1 N–H and O–H groups in total. The monoisotopic (exact) mass is 399 g/mol. The number of esters is 1. The molecule has 4 aliphatic rings. The maximum absolute atomic E-state index is 13.5. The average molecular weight is 400 g/mol. The molecular weight excluding hydrogens is 366 g/mol. The highest BCUT2D eigenvalue weighted by Gasteiger charge is 2.64. The summed E-state index contributed by atoms with van der Waals surface area (Å²) in [7, 11) is 0. The third kappa shape index (κ3) is 3.58. The molecule has 1 amide bonds. The smallest absolute Gasteiger partial charge is 0.331 e. The van der Waals surface area contributed by atoms with Crippen molar-refractivity contribution in [3.8, 4) is 0 Å². The first-order valence-corrected chi connectivity index (χ1v) is 11.0. The maximum Gasteiger partial charge on any atom is 0.331 e. The Hall–Kier alpha value is -1.88. The van der Waals surface area contributed by atoms with E-state index in [1.165, 1.54) is 17.2 Å². The fourth-order valence-electron chi connectivity index (χ4n) is 5.52. The van der Waals surface area contributed by atoms with Gasteiger partial charge in [0.15, 0.2) is 0 Å². The van der Waals surface area contributed by atoms with Gasteiger partial charge in [-0.1, -0.05) is 44.1 Å². The Labute approximate surface area is 173 Å². The molecule has 2 fully saturated rings. The molecule has 29 heavy (non-hydrogen) atoms. The summed E-state index contributed by atoms with van der Waals surface area (Å²) < 4.78 is 11.7. The Morgan fingerprint density at radius 2 is 2.00 bits per heavy atom. The van der Waals surface area contributed by atoms with E-state index >= 15 is 0 Å². The van der Waals surface area contributed by atoms with Crippen LogP contribution in [0.1, 0.15) is 53.9 Å². The molecule has 1 aliphatic carbocycles. The number of hydrogen-bond acceptors (Lipinski definition) is 4. The lowest BCUT2D eigenvalue weighted by molar-refractivity contribution is -0.172. The van der Waals surface area contributed by atoms with Gasteiger partial charge in [0.2, 0.25) is 5.60 Å². The van der Waals surface area contributed by atoms with Crippen LogP contribution in [0.15, 0.2) is 35.5 Å². The van der Waals surface area contributed by atoms with Crippen molar-refractivity contribution in [1.29, 1.82) is 0 Å². The second-order valence-electron chi connectivity index (χ2n) is 9.72. The molecule has 7 atom stereocenters. The van der Waals surface area contributed by atoms with Gasteiger partial charge >= 0.3 is 5.97 Å². The van der Waals surface area contributed by atoms with Crippen LogP contribution in [0, 0.1) is 23.7 Å². The summed E-state index contributed by atoms with van der Waals surface area (Å²) in [6.07, 6.45) is 10.4. The molecule has 5 heteroatoms. The highest BCUT2D eigenvalue weighted by Crippen LogP contribution is 2.51. The lowest BCUT2D eigenvalue weighted by atomic mass is 9.63. The van der Waals surface area contributed by atoms with E-state index < -0.39 is 11.6 Å². The summed E-state index contributed by atoms with van der Waals surface area (Å²) >= 11 is 0. The van der Waals surface area contributed by atoms with Gasteiger partial charge in [-0.15, -0.1) is 0 Å². The number of carbonyl (C=O) groups excluding carboxylic acids is 2. The van der Waals surface area contributed by atoms with E-state index in [-0.39, 0.29) is 41.9 Å². The largest absolute Gasteiger partial charge is 0.444 e. The molecule has 0 radical (unpaired) electrons. The number of fused-ring (bicyclic) bond motifs is 1. The van der Waals surface area contributed by atoms with Crippen molar-refractivity contribution in [2.24, 2.45) is 23.7 Å². The van der Waals surface area contributed by atoms with E-state index in [1.807, 2.05) is 0 Å². The Balaban J connectivity index is 1.81. The first-order valence-electron chi connectivity index (χ1n) is 11.0. The van der Waals surface area contributed by atoms with Crippen LogP contribution in [0.2, 0.25) is 0 Å². The zero-order valence-corrected chi connectivity index (χ0v) is 18.1. The van der Waals surface area contributed by atoms with Gasteiger partial charge in [0.1, 0.15) is 6.10 Å². The van der Waals surface area contributed by atoms with E-state index in [9.17, 15) is 9.59 Å². The summed E-state index contributed by atoms with van der Waals surface area (Å²) in [4.78, 5) is 26.3. The molecule has 0 saturated carbocycles. The van der Waals surface area contributed by atoms with E-state index in [2.05, 4.69) is 52.1 Å². The maximum atomic E-state index is 13.5. The Bertz CT molecular complexity index is 795. The van der Waals surface area contributed by atoms with Crippen molar-refractivity contribution in [2.45, 2.75) is 77.7 Å². The van der Waals surface area contributed by atoms with Gasteiger partial charge < -0.3 is 14.8 Å². The zero-order valence-electron chi connectivity index (χ0n) is 18.1. The number of epoxide rings is 1. The fraction of sp³-hybridized carbons (Fsp3) is 0.667. The van der Waals surface area contributed by atoms with Crippen LogP contribution < -0.4 is 5.32 Å². The second kappa shape index (κ2) is 7.42.